The van der Waals surface area contributed by atoms with Gasteiger partial charge in [-0.3, -0.25) is 4.68 Å². The first-order valence-corrected chi connectivity index (χ1v) is 6.15. The Hall–Kier alpha value is -2.02. The summed E-state index contributed by atoms with van der Waals surface area (Å²) in [4.78, 5) is 4.17. The van der Waals surface area contributed by atoms with Crippen LogP contribution in [0.5, 0.6) is 5.75 Å². The Balaban J connectivity index is 2.09. The zero-order chi connectivity index (χ0) is 14.5. The molecule has 2 rings (SSSR count). The fourth-order valence-corrected chi connectivity index (χ4v) is 1.96. The van der Waals surface area contributed by atoms with E-state index in [0.717, 1.165) is 11.4 Å². The number of hydrogen-bond donors (Lipinski definition) is 1. The van der Waals surface area contributed by atoms with Gasteiger partial charge in [-0.2, -0.15) is 13.9 Å². The second-order valence-electron chi connectivity index (χ2n) is 4.29. The van der Waals surface area contributed by atoms with E-state index in [1.165, 1.54) is 18.5 Å². The van der Waals surface area contributed by atoms with Crippen LogP contribution < -0.4 is 10.1 Å². The Morgan fingerprint density at radius 1 is 1.30 bits per heavy atom. The minimum atomic E-state index is -2.81. The van der Waals surface area contributed by atoms with Gasteiger partial charge in [-0.1, -0.05) is 12.1 Å². The summed E-state index contributed by atoms with van der Waals surface area (Å²) in [5, 5.41) is 7.19. The zero-order valence-electron chi connectivity index (χ0n) is 11.3. The second kappa shape index (κ2) is 6.42. The van der Waals surface area contributed by atoms with Gasteiger partial charge >= 0.3 is 6.61 Å². The predicted molar refractivity (Wildman–Crippen MR) is 69.6 cm³/mol. The molecule has 0 saturated carbocycles. The predicted octanol–water partition coefficient (Wildman–Crippen LogP) is 1.92. The molecule has 1 atom stereocenters. The summed E-state index contributed by atoms with van der Waals surface area (Å²) in [7, 11) is 3.67. The lowest BCUT2D eigenvalue weighted by Gasteiger charge is -2.16. The number of benzene rings is 1. The molecular formula is C13H16F2N4O. The summed E-state index contributed by atoms with van der Waals surface area (Å²) in [6.07, 6.45) is 2.16. The maximum Gasteiger partial charge on any atom is 0.387 e. The fourth-order valence-electron chi connectivity index (χ4n) is 1.96. The molecule has 0 saturated heterocycles. The topological polar surface area (TPSA) is 52.0 Å². The molecule has 0 spiro atoms. The molecule has 1 unspecified atom stereocenters. The van der Waals surface area contributed by atoms with Gasteiger partial charge in [0.15, 0.2) is 0 Å². The van der Waals surface area contributed by atoms with Gasteiger partial charge < -0.3 is 10.1 Å². The highest BCUT2D eigenvalue weighted by atomic mass is 19.3. The van der Waals surface area contributed by atoms with Crippen molar-refractivity contribution in [2.24, 2.45) is 7.05 Å². The molecule has 1 heterocycles. The van der Waals surface area contributed by atoms with Crippen molar-refractivity contribution in [2.75, 3.05) is 7.05 Å². The minimum absolute atomic E-state index is 0.0264. The lowest BCUT2D eigenvalue weighted by Crippen LogP contribution is -2.20. The average Bonchev–Trinajstić information content (AvgIpc) is 2.82. The molecule has 1 N–H and O–H groups in total. The molecule has 2 aromatic rings. The molecule has 0 aliphatic rings. The Bertz CT molecular complexity index is 542. The van der Waals surface area contributed by atoms with Crippen LogP contribution in [0.2, 0.25) is 0 Å². The lowest BCUT2D eigenvalue weighted by atomic mass is 10.0. The first kappa shape index (κ1) is 14.4. The van der Waals surface area contributed by atoms with Crippen molar-refractivity contribution in [1.29, 1.82) is 0 Å². The number of rotatable bonds is 6. The van der Waals surface area contributed by atoms with E-state index >= 15 is 0 Å². The van der Waals surface area contributed by atoms with E-state index in [0.29, 0.717) is 6.42 Å². The molecule has 0 bridgehead atoms. The van der Waals surface area contributed by atoms with Gasteiger partial charge in [0, 0.05) is 19.5 Å². The van der Waals surface area contributed by atoms with Crippen molar-refractivity contribution in [3.05, 3.63) is 42.0 Å². The fraction of sp³-hybridized carbons (Fsp3) is 0.385. The van der Waals surface area contributed by atoms with E-state index in [4.69, 9.17) is 0 Å². The van der Waals surface area contributed by atoms with Crippen LogP contribution in [-0.4, -0.2) is 28.4 Å². The lowest BCUT2D eigenvalue weighted by molar-refractivity contribution is -0.0498. The van der Waals surface area contributed by atoms with E-state index < -0.39 is 6.61 Å². The van der Waals surface area contributed by atoms with E-state index in [2.05, 4.69) is 20.1 Å². The van der Waals surface area contributed by atoms with E-state index in [-0.39, 0.29) is 11.8 Å². The summed E-state index contributed by atoms with van der Waals surface area (Å²) < 4.78 is 30.2. The summed E-state index contributed by atoms with van der Waals surface area (Å²) in [6.45, 7) is -2.81. The van der Waals surface area contributed by atoms with E-state index in [9.17, 15) is 8.78 Å². The summed E-state index contributed by atoms with van der Waals surface area (Å²) >= 11 is 0. The number of aromatic nitrogens is 3. The molecule has 0 radical (unpaired) electrons. The molecule has 1 aromatic heterocycles. The monoisotopic (exact) mass is 282 g/mol. The SMILES string of the molecule is CNC(Cc1ncnn1C)c1ccc(OC(F)F)cc1. The average molecular weight is 282 g/mol. The Morgan fingerprint density at radius 3 is 2.50 bits per heavy atom. The van der Waals surface area contributed by atoms with Crippen LogP contribution in [0.15, 0.2) is 30.6 Å². The van der Waals surface area contributed by atoms with Crippen molar-refractivity contribution in [3.63, 3.8) is 0 Å². The molecular weight excluding hydrogens is 266 g/mol. The number of aryl methyl sites for hydroxylation is 1. The molecule has 0 amide bonds. The smallest absolute Gasteiger partial charge is 0.387 e. The Labute approximate surface area is 115 Å². The van der Waals surface area contributed by atoms with Crippen LogP contribution in [0, 0.1) is 0 Å². The maximum absolute atomic E-state index is 12.1. The standard InChI is InChI=1S/C13H16F2N4O/c1-16-11(7-12-17-8-18-19(12)2)9-3-5-10(6-4-9)20-13(14)15/h3-6,8,11,13,16H,7H2,1-2H3. The van der Waals surface area contributed by atoms with Gasteiger partial charge in [0.2, 0.25) is 0 Å². The number of ether oxygens (including phenoxy) is 1. The van der Waals surface area contributed by atoms with Gasteiger partial charge in [-0.15, -0.1) is 0 Å². The first-order chi connectivity index (χ1) is 9.60. The molecule has 0 fully saturated rings. The van der Waals surface area contributed by atoms with Crippen LogP contribution in [0.4, 0.5) is 8.78 Å². The highest BCUT2D eigenvalue weighted by Crippen LogP contribution is 2.21. The number of nitrogens with one attached hydrogen (secondary N) is 1. The molecule has 1 aromatic carbocycles. The van der Waals surface area contributed by atoms with E-state index in [1.807, 2.05) is 14.1 Å². The minimum Gasteiger partial charge on any atom is -0.435 e. The van der Waals surface area contributed by atoms with Gasteiger partial charge in [-0.05, 0) is 24.7 Å². The molecule has 0 aliphatic heterocycles. The second-order valence-corrected chi connectivity index (χ2v) is 4.29. The van der Waals surface area contributed by atoms with Crippen molar-refractivity contribution in [3.8, 4) is 5.75 Å². The molecule has 5 nitrogen and oxygen atoms in total. The summed E-state index contributed by atoms with van der Waals surface area (Å²) in [5.41, 5.74) is 0.970. The largest absolute Gasteiger partial charge is 0.435 e. The van der Waals surface area contributed by atoms with E-state index in [1.54, 1.807) is 16.8 Å². The van der Waals surface area contributed by atoms with Gasteiger partial charge in [0.1, 0.15) is 17.9 Å². The maximum atomic E-state index is 12.1. The zero-order valence-corrected chi connectivity index (χ0v) is 11.3. The van der Waals surface area contributed by atoms with Gasteiger partial charge in [0.05, 0.1) is 0 Å². The van der Waals surface area contributed by atoms with Crippen LogP contribution in [0.3, 0.4) is 0 Å². The third kappa shape index (κ3) is 3.51. The first-order valence-electron chi connectivity index (χ1n) is 6.15. The highest BCUT2D eigenvalue weighted by Gasteiger charge is 2.14. The number of halogens is 2. The summed E-state index contributed by atoms with van der Waals surface area (Å²) in [6, 6.07) is 6.61. The third-order valence-corrected chi connectivity index (χ3v) is 3.05. The highest BCUT2D eigenvalue weighted by molar-refractivity contribution is 5.29. The van der Waals surface area contributed by atoms with Gasteiger partial charge in [-0.25, -0.2) is 4.98 Å². The van der Waals surface area contributed by atoms with Crippen LogP contribution in [0.25, 0.3) is 0 Å². The number of likely N-dealkylation sites (N-methyl/N-ethyl adjacent to an activating group) is 1. The molecule has 20 heavy (non-hydrogen) atoms. The summed E-state index contributed by atoms with van der Waals surface area (Å²) in [5.74, 6) is 0.995. The molecule has 108 valence electrons. The Morgan fingerprint density at radius 2 is 2.00 bits per heavy atom. The van der Waals surface area contributed by atoms with Gasteiger partial charge in [0.25, 0.3) is 0 Å². The number of hydrogen-bond acceptors (Lipinski definition) is 4. The molecule has 7 heteroatoms. The number of nitrogens with zero attached hydrogens (tertiary/aromatic N) is 3. The van der Waals surface area contributed by atoms with Crippen molar-refractivity contribution in [1.82, 2.24) is 20.1 Å². The normalized spacial score (nSPS) is 12.7. The Kier molecular flexibility index (Phi) is 4.62. The van der Waals surface area contributed by atoms with Crippen LogP contribution in [0.1, 0.15) is 17.4 Å². The van der Waals surface area contributed by atoms with Crippen LogP contribution >= 0.6 is 0 Å². The van der Waals surface area contributed by atoms with Crippen LogP contribution in [-0.2, 0) is 13.5 Å². The number of alkyl halides is 2. The van der Waals surface area contributed by atoms with Crippen molar-refractivity contribution in [2.45, 2.75) is 19.1 Å². The quantitative estimate of drug-likeness (QED) is 0.879. The van der Waals surface area contributed by atoms with Crippen molar-refractivity contribution < 1.29 is 13.5 Å². The van der Waals surface area contributed by atoms with Crippen molar-refractivity contribution >= 4 is 0 Å². The third-order valence-electron chi connectivity index (χ3n) is 3.05. The molecule has 0 aliphatic carbocycles.